The molecule has 5 heteroatoms. The number of aliphatic carboxylic acids is 1. The Morgan fingerprint density at radius 1 is 1.50 bits per heavy atom. The molecule has 1 saturated heterocycles. The first kappa shape index (κ1) is 13.8. The smallest absolute Gasteiger partial charge is 0.324 e. The lowest BCUT2D eigenvalue weighted by atomic mass is 9.95. The van der Waals surface area contributed by atoms with Crippen LogP contribution in [0.25, 0.3) is 0 Å². The van der Waals surface area contributed by atoms with Crippen LogP contribution in [0.1, 0.15) is 26.2 Å². The van der Waals surface area contributed by atoms with Crippen LogP contribution in [-0.4, -0.2) is 47.8 Å². The Hall–Kier alpha value is -0.260. The summed E-state index contributed by atoms with van der Waals surface area (Å²) in [5.41, 5.74) is -0.671. The molecule has 1 rings (SSSR count). The van der Waals surface area contributed by atoms with Gasteiger partial charge >= 0.3 is 5.97 Å². The Kier molecular flexibility index (Phi) is 6.16. The average molecular weight is 246 g/mol. The quantitative estimate of drug-likeness (QED) is 0.583. The summed E-state index contributed by atoms with van der Waals surface area (Å²) in [6.45, 7) is 4.77. The summed E-state index contributed by atoms with van der Waals surface area (Å²) >= 11 is 1.74. The summed E-state index contributed by atoms with van der Waals surface area (Å²) in [5.74, 6) is 1.10. The summed E-state index contributed by atoms with van der Waals surface area (Å²) in [4.78, 5) is 11.3. The van der Waals surface area contributed by atoms with Crippen molar-refractivity contribution in [2.24, 2.45) is 0 Å². The third kappa shape index (κ3) is 3.96. The molecule has 1 heterocycles. The second-order valence-electron chi connectivity index (χ2n) is 4.18. The van der Waals surface area contributed by atoms with Crippen molar-refractivity contribution in [1.29, 1.82) is 0 Å². The molecule has 0 radical (unpaired) electrons. The first-order valence-corrected chi connectivity index (χ1v) is 7.13. The van der Waals surface area contributed by atoms with Gasteiger partial charge < -0.3 is 15.7 Å². The zero-order chi connectivity index (χ0) is 11.9. The summed E-state index contributed by atoms with van der Waals surface area (Å²) < 4.78 is 0. The normalized spacial score (nSPS) is 25.6. The lowest BCUT2D eigenvalue weighted by Gasteiger charge is -2.33. The summed E-state index contributed by atoms with van der Waals surface area (Å²) in [6, 6.07) is 0. The van der Waals surface area contributed by atoms with Gasteiger partial charge in [-0.2, -0.15) is 11.8 Å². The molecule has 0 aromatic heterocycles. The number of hydrogen-bond donors (Lipinski definition) is 3. The largest absolute Gasteiger partial charge is 0.480 e. The van der Waals surface area contributed by atoms with Crippen molar-refractivity contribution in [3.63, 3.8) is 0 Å². The van der Waals surface area contributed by atoms with Crippen molar-refractivity contribution in [3.8, 4) is 0 Å². The molecular weight excluding hydrogens is 224 g/mol. The van der Waals surface area contributed by atoms with Gasteiger partial charge in [-0.05, 0) is 44.6 Å². The predicted molar refractivity (Wildman–Crippen MR) is 68.1 cm³/mol. The molecule has 1 aliphatic heterocycles. The van der Waals surface area contributed by atoms with E-state index in [1.54, 1.807) is 11.8 Å². The molecule has 1 unspecified atom stereocenters. The maximum atomic E-state index is 11.3. The molecule has 4 nitrogen and oxygen atoms in total. The van der Waals surface area contributed by atoms with E-state index in [1.165, 1.54) is 0 Å². The zero-order valence-corrected chi connectivity index (χ0v) is 10.7. The molecule has 1 atom stereocenters. The molecule has 0 amide bonds. The van der Waals surface area contributed by atoms with Crippen molar-refractivity contribution in [2.45, 2.75) is 31.7 Å². The van der Waals surface area contributed by atoms with E-state index in [0.717, 1.165) is 44.6 Å². The third-order valence-electron chi connectivity index (χ3n) is 2.89. The maximum absolute atomic E-state index is 11.3. The molecule has 1 aliphatic rings. The minimum absolute atomic E-state index is 0.671. The van der Waals surface area contributed by atoms with Crippen molar-refractivity contribution in [2.75, 3.05) is 31.1 Å². The third-order valence-corrected chi connectivity index (χ3v) is 4.17. The highest BCUT2D eigenvalue weighted by atomic mass is 32.2. The molecule has 0 aromatic rings. The number of thioether (sulfide) groups is 1. The number of carboxylic acid groups (broad SMARTS) is 1. The van der Waals surface area contributed by atoms with E-state index in [4.69, 9.17) is 0 Å². The maximum Gasteiger partial charge on any atom is 0.324 e. The molecule has 0 aromatic carbocycles. The number of rotatable bonds is 7. The van der Waals surface area contributed by atoms with Crippen LogP contribution in [0.5, 0.6) is 0 Å². The van der Waals surface area contributed by atoms with Crippen molar-refractivity contribution < 1.29 is 9.90 Å². The lowest BCUT2D eigenvalue weighted by Crippen LogP contribution is -2.56. The molecule has 94 valence electrons. The highest BCUT2D eigenvalue weighted by Gasteiger charge is 2.39. The molecule has 3 N–H and O–H groups in total. The van der Waals surface area contributed by atoms with Gasteiger partial charge in [-0.3, -0.25) is 4.79 Å². The molecule has 0 bridgehead atoms. The minimum Gasteiger partial charge on any atom is -0.480 e. The van der Waals surface area contributed by atoms with Gasteiger partial charge in [-0.25, -0.2) is 0 Å². The van der Waals surface area contributed by atoms with Gasteiger partial charge in [-0.1, -0.05) is 6.92 Å². The van der Waals surface area contributed by atoms with E-state index in [1.807, 2.05) is 0 Å². The monoisotopic (exact) mass is 246 g/mol. The summed E-state index contributed by atoms with van der Waals surface area (Å²) in [6.07, 6.45) is 2.74. The molecule has 0 saturated carbocycles. The van der Waals surface area contributed by atoms with Gasteiger partial charge in [0.2, 0.25) is 0 Å². The van der Waals surface area contributed by atoms with Gasteiger partial charge in [0.25, 0.3) is 0 Å². The van der Waals surface area contributed by atoms with Crippen LogP contribution in [0.15, 0.2) is 0 Å². The van der Waals surface area contributed by atoms with Crippen LogP contribution < -0.4 is 10.6 Å². The van der Waals surface area contributed by atoms with Gasteiger partial charge in [0, 0.05) is 5.75 Å². The number of nitrogens with one attached hydrogen (secondary N) is 2. The Labute approximate surface area is 102 Å². The summed E-state index contributed by atoms with van der Waals surface area (Å²) in [5, 5.41) is 15.8. The van der Waals surface area contributed by atoms with Crippen LogP contribution in [0.4, 0.5) is 0 Å². The highest BCUT2D eigenvalue weighted by Crippen LogP contribution is 2.26. The number of carboxylic acids is 1. The van der Waals surface area contributed by atoms with Gasteiger partial charge in [0.1, 0.15) is 5.54 Å². The fourth-order valence-corrected chi connectivity index (χ4v) is 3.11. The van der Waals surface area contributed by atoms with E-state index >= 15 is 0 Å². The Morgan fingerprint density at radius 3 is 2.88 bits per heavy atom. The van der Waals surface area contributed by atoms with Crippen molar-refractivity contribution in [1.82, 2.24) is 10.6 Å². The molecular formula is C11H22N2O2S. The summed E-state index contributed by atoms with van der Waals surface area (Å²) in [7, 11) is 0. The average Bonchev–Trinajstić information content (AvgIpc) is 2.30. The SMILES string of the molecule is CCNCCCNC1(C(=O)O)CCCSC1. The van der Waals surface area contributed by atoms with E-state index < -0.39 is 11.5 Å². The molecule has 0 aliphatic carbocycles. The van der Waals surface area contributed by atoms with Crippen LogP contribution >= 0.6 is 11.8 Å². The van der Waals surface area contributed by atoms with Gasteiger partial charge in [0.15, 0.2) is 0 Å². The van der Waals surface area contributed by atoms with Gasteiger partial charge in [0.05, 0.1) is 0 Å². The van der Waals surface area contributed by atoms with E-state index in [0.29, 0.717) is 5.75 Å². The molecule has 16 heavy (non-hydrogen) atoms. The Bertz CT molecular complexity index is 218. The molecule has 1 fully saturated rings. The number of hydrogen-bond acceptors (Lipinski definition) is 4. The highest BCUT2D eigenvalue weighted by molar-refractivity contribution is 7.99. The van der Waals surface area contributed by atoms with Crippen LogP contribution in [0, 0.1) is 0 Å². The van der Waals surface area contributed by atoms with Crippen molar-refractivity contribution in [3.05, 3.63) is 0 Å². The first-order valence-electron chi connectivity index (χ1n) is 5.98. The lowest BCUT2D eigenvalue weighted by molar-refractivity contribution is -0.144. The van der Waals surface area contributed by atoms with E-state index in [-0.39, 0.29) is 0 Å². The number of carbonyl (C=O) groups is 1. The molecule has 0 spiro atoms. The fraction of sp³-hybridized carbons (Fsp3) is 0.909. The topological polar surface area (TPSA) is 61.4 Å². The fourth-order valence-electron chi connectivity index (χ4n) is 1.90. The van der Waals surface area contributed by atoms with Crippen LogP contribution in [-0.2, 0) is 4.79 Å². The van der Waals surface area contributed by atoms with E-state index in [2.05, 4.69) is 17.6 Å². The predicted octanol–water partition coefficient (Wildman–Crippen LogP) is 0.926. The van der Waals surface area contributed by atoms with E-state index in [9.17, 15) is 9.90 Å². The van der Waals surface area contributed by atoms with Crippen molar-refractivity contribution >= 4 is 17.7 Å². The first-order chi connectivity index (χ1) is 7.71. The standard InChI is InChI=1S/C11H22N2O2S/c1-2-12-6-4-7-13-11(10(14)15)5-3-8-16-9-11/h12-13H,2-9H2,1H3,(H,14,15). The Balaban J connectivity index is 2.30. The van der Waals surface area contributed by atoms with Crippen LogP contribution in [0.2, 0.25) is 0 Å². The van der Waals surface area contributed by atoms with Gasteiger partial charge in [-0.15, -0.1) is 0 Å². The van der Waals surface area contributed by atoms with Crippen LogP contribution in [0.3, 0.4) is 0 Å². The Morgan fingerprint density at radius 2 is 2.31 bits per heavy atom. The second-order valence-corrected chi connectivity index (χ2v) is 5.28. The minimum atomic E-state index is -0.692. The second kappa shape index (κ2) is 7.14. The zero-order valence-electron chi connectivity index (χ0n) is 9.92.